The summed E-state index contributed by atoms with van der Waals surface area (Å²) in [5, 5.41) is 3.74. The minimum Gasteiger partial charge on any atom is -0.354 e. The lowest BCUT2D eigenvalue weighted by molar-refractivity contribution is -0.120. The summed E-state index contributed by atoms with van der Waals surface area (Å²) in [7, 11) is 0. The Labute approximate surface area is 157 Å². The number of nitrogens with one attached hydrogen (secondary N) is 1. The average molecular weight is 380 g/mol. The SMILES string of the molecule is C[C@@H](SCc1ccccc1)C(=O)NCCSCc1cccc(Cl)c1. The number of carbonyl (C=O) groups is 1. The molecule has 0 unspecified atom stereocenters. The van der Waals surface area contributed by atoms with E-state index in [1.807, 2.05) is 43.3 Å². The Kier molecular flexibility index (Phi) is 8.57. The molecule has 128 valence electrons. The Hall–Kier alpha value is -1.10. The van der Waals surface area contributed by atoms with Crippen molar-refractivity contribution in [3.8, 4) is 0 Å². The van der Waals surface area contributed by atoms with E-state index in [2.05, 4.69) is 23.5 Å². The molecule has 0 bridgehead atoms. The highest BCUT2D eigenvalue weighted by atomic mass is 35.5. The number of thioether (sulfide) groups is 2. The van der Waals surface area contributed by atoms with Gasteiger partial charge in [-0.3, -0.25) is 4.79 Å². The number of rotatable bonds is 9. The Balaban J connectivity index is 1.58. The molecule has 1 atom stereocenters. The summed E-state index contributed by atoms with van der Waals surface area (Å²) in [5.74, 6) is 2.78. The summed E-state index contributed by atoms with van der Waals surface area (Å²) in [6.45, 7) is 2.66. The second-order valence-electron chi connectivity index (χ2n) is 5.41. The van der Waals surface area contributed by atoms with Crippen molar-refractivity contribution in [1.29, 1.82) is 0 Å². The number of benzene rings is 2. The van der Waals surface area contributed by atoms with Gasteiger partial charge in [0.2, 0.25) is 5.91 Å². The standard InChI is InChI=1S/C19H22ClNOS2/c1-15(24-14-16-6-3-2-4-7-16)19(22)21-10-11-23-13-17-8-5-9-18(20)12-17/h2-9,12,15H,10-11,13-14H2,1H3,(H,21,22)/t15-/m1/s1. The first-order valence-electron chi connectivity index (χ1n) is 7.90. The van der Waals surface area contributed by atoms with Gasteiger partial charge >= 0.3 is 0 Å². The third-order valence-corrected chi connectivity index (χ3v) is 5.89. The first-order chi connectivity index (χ1) is 11.6. The van der Waals surface area contributed by atoms with Crippen molar-refractivity contribution in [2.75, 3.05) is 12.3 Å². The lowest BCUT2D eigenvalue weighted by Crippen LogP contribution is -2.32. The fourth-order valence-corrected chi connectivity index (χ4v) is 3.97. The van der Waals surface area contributed by atoms with Gasteiger partial charge in [0.1, 0.15) is 0 Å². The maximum Gasteiger partial charge on any atom is 0.232 e. The molecule has 0 aliphatic carbocycles. The van der Waals surface area contributed by atoms with Crippen LogP contribution in [0.4, 0.5) is 0 Å². The van der Waals surface area contributed by atoms with Gasteiger partial charge in [-0.05, 0) is 30.2 Å². The van der Waals surface area contributed by atoms with Gasteiger partial charge in [-0.15, -0.1) is 11.8 Å². The van der Waals surface area contributed by atoms with Crippen LogP contribution < -0.4 is 5.32 Å². The van der Waals surface area contributed by atoms with E-state index >= 15 is 0 Å². The lowest BCUT2D eigenvalue weighted by Gasteiger charge is -2.12. The molecule has 0 aromatic heterocycles. The van der Waals surface area contributed by atoms with Gasteiger partial charge in [0.25, 0.3) is 0 Å². The molecule has 0 saturated carbocycles. The van der Waals surface area contributed by atoms with Gasteiger partial charge < -0.3 is 5.32 Å². The molecule has 0 aliphatic heterocycles. The molecule has 24 heavy (non-hydrogen) atoms. The van der Waals surface area contributed by atoms with Crippen LogP contribution in [0.15, 0.2) is 54.6 Å². The third-order valence-electron chi connectivity index (χ3n) is 3.42. The summed E-state index contributed by atoms with van der Waals surface area (Å²) in [5.41, 5.74) is 2.46. The van der Waals surface area contributed by atoms with Gasteiger partial charge in [-0.25, -0.2) is 0 Å². The molecule has 0 radical (unpaired) electrons. The van der Waals surface area contributed by atoms with E-state index in [1.165, 1.54) is 11.1 Å². The zero-order valence-corrected chi connectivity index (χ0v) is 16.1. The minimum absolute atomic E-state index is 0.0388. The third kappa shape index (κ3) is 7.20. The van der Waals surface area contributed by atoms with Crippen LogP contribution in [0, 0.1) is 0 Å². The van der Waals surface area contributed by atoms with Gasteiger partial charge in [-0.1, -0.05) is 54.1 Å². The van der Waals surface area contributed by atoms with E-state index in [4.69, 9.17) is 11.6 Å². The molecular weight excluding hydrogens is 358 g/mol. The molecular formula is C19H22ClNOS2. The number of hydrogen-bond acceptors (Lipinski definition) is 3. The molecule has 5 heteroatoms. The van der Waals surface area contributed by atoms with Crippen LogP contribution in [0.5, 0.6) is 0 Å². The van der Waals surface area contributed by atoms with Crippen molar-refractivity contribution in [1.82, 2.24) is 5.32 Å². The molecule has 1 N–H and O–H groups in total. The quantitative estimate of drug-likeness (QED) is 0.621. The highest BCUT2D eigenvalue weighted by Gasteiger charge is 2.12. The molecule has 2 rings (SSSR count). The smallest absolute Gasteiger partial charge is 0.232 e. The minimum atomic E-state index is -0.0388. The normalized spacial score (nSPS) is 11.9. The van der Waals surface area contributed by atoms with Crippen LogP contribution in [0.25, 0.3) is 0 Å². The first kappa shape index (κ1) is 19.2. The van der Waals surface area contributed by atoms with E-state index in [1.54, 1.807) is 23.5 Å². The van der Waals surface area contributed by atoms with Crippen LogP contribution in [-0.2, 0) is 16.3 Å². The second-order valence-corrected chi connectivity index (χ2v) is 8.28. The predicted molar refractivity (Wildman–Crippen MR) is 108 cm³/mol. The van der Waals surface area contributed by atoms with Crippen molar-refractivity contribution in [3.63, 3.8) is 0 Å². The average Bonchev–Trinajstić information content (AvgIpc) is 2.60. The largest absolute Gasteiger partial charge is 0.354 e. The number of halogens is 1. The van der Waals surface area contributed by atoms with Gasteiger partial charge in [0.15, 0.2) is 0 Å². The van der Waals surface area contributed by atoms with Crippen LogP contribution in [0.3, 0.4) is 0 Å². The molecule has 2 aromatic rings. The van der Waals surface area contributed by atoms with E-state index in [9.17, 15) is 4.79 Å². The van der Waals surface area contributed by atoms with Gasteiger partial charge in [0, 0.05) is 28.8 Å². The first-order valence-corrected chi connectivity index (χ1v) is 10.5. The fraction of sp³-hybridized carbons (Fsp3) is 0.316. The number of carbonyl (C=O) groups excluding carboxylic acids is 1. The van der Waals surface area contributed by atoms with Gasteiger partial charge in [-0.2, -0.15) is 11.8 Å². The van der Waals surface area contributed by atoms with Gasteiger partial charge in [0.05, 0.1) is 5.25 Å². The molecule has 0 spiro atoms. The predicted octanol–water partition coefficient (Wildman–Crippen LogP) is 5.01. The van der Waals surface area contributed by atoms with Crippen molar-refractivity contribution >= 4 is 41.0 Å². The van der Waals surface area contributed by atoms with E-state index in [0.717, 1.165) is 22.3 Å². The summed E-state index contributed by atoms with van der Waals surface area (Å²) in [6, 6.07) is 18.1. The van der Waals surface area contributed by atoms with Crippen molar-refractivity contribution in [2.24, 2.45) is 0 Å². The Morgan fingerprint density at radius 3 is 2.58 bits per heavy atom. The maximum atomic E-state index is 12.1. The van der Waals surface area contributed by atoms with Crippen LogP contribution in [0.1, 0.15) is 18.1 Å². The van der Waals surface area contributed by atoms with Crippen molar-refractivity contribution in [3.05, 3.63) is 70.7 Å². The monoisotopic (exact) mass is 379 g/mol. The van der Waals surface area contributed by atoms with Crippen molar-refractivity contribution < 1.29 is 4.79 Å². The Morgan fingerprint density at radius 2 is 1.83 bits per heavy atom. The summed E-state index contributed by atoms with van der Waals surface area (Å²) >= 11 is 9.43. The highest BCUT2D eigenvalue weighted by molar-refractivity contribution is 7.99. The lowest BCUT2D eigenvalue weighted by atomic mass is 10.2. The van der Waals surface area contributed by atoms with E-state index < -0.39 is 0 Å². The Bertz CT molecular complexity index is 636. The van der Waals surface area contributed by atoms with E-state index in [0.29, 0.717) is 6.54 Å². The second kappa shape index (κ2) is 10.7. The van der Waals surface area contributed by atoms with Crippen LogP contribution in [0.2, 0.25) is 5.02 Å². The summed E-state index contributed by atoms with van der Waals surface area (Å²) in [6.07, 6.45) is 0. The topological polar surface area (TPSA) is 29.1 Å². The fourth-order valence-electron chi connectivity index (χ4n) is 2.08. The number of hydrogen-bond donors (Lipinski definition) is 1. The molecule has 2 nitrogen and oxygen atoms in total. The zero-order valence-electron chi connectivity index (χ0n) is 13.7. The van der Waals surface area contributed by atoms with Crippen LogP contribution >= 0.6 is 35.1 Å². The highest BCUT2D eigenvalue weighted by Crippen LogP contribution is 2.18. The Morgan fingerprint density at radius 1 is 1.08 bits per heavy atom. The molecule has 0 aliphatic rings. The van der Waals surface area contributed by atoms with Crippen molar-refractivity contribution in [2.45, 2.75) is 23.7 Å². The maximum absolute atomic E-state index is 12.1. The molecule has 0 heterocycles. The molecule has 0 saturated heterocycles. The molecule has 2 aromatic carbocycles. The zero-order chi connectivity index (χ0) is 17.2. The summed E-state index contributed by atoms with van der Waals surface area (Å²) < 4.78 is 0. The van der Waals surface area contributed by atoms with E-state index in [-0.39, 0.29) is 11.2 Å². The summed E-state index contributed by atoms with van der Waals surface area (Å²) in [4.78, 5) is 12.1. The molecule has 0 fully saturated rings. The number of amides is 1. The molecule has 1 amide bonds. The van der Waals surface area contributed by atoms with Crippen LogP contribution in [-0.4, -0.2) is 23.5 Å².